The Morgan fingerprint density at radius 3 is 2.38 bits per heavy atom. The number of hydrogen-bond acceptors (Lipinski definition) is 3. The van der Waals surface area contributed by atoms with Gasteiger partial charge in [0, 0.05) is 23.9 Å². The summed E-state index contributed by atoms with van der Waals surface area (Å²) in [6.07, 6.45) is 0. The lowest BCUT2D eigenvalue weighted by Gasteiger charge is -2.10. The van der Waals surface area contributed by atoms with Gasteiger partial charge in [-0.3, -0.25) is 0 Å². The van der Waals surface area contributed by atoms with Gasteiger partial charge in [0.05, 0.1) is 5.69 Å². The van der Waals surface area contributed by atoms with Crippen LogP contribution in [0.15, 0.2) is 60.7 Å². The first-order valence-electron chi connectivity index (χ1n) is 8.83. The van der Waals surface area contributed by atoms with Crippen LogP contribution in [-0.2, 0) is 6.54 Å². The topological polar surface area (TPSA) is 42.2 Å². The highest BCUT2D eigenvalue weighted by Crippen LogP contribution is 2.29. The Bertz CT molecular complexity index is 1050. The third-order valence-electron chi connectivity index (χ3n) is 4.55. The zero-order valence-corrected chi connectivity index (χ0v) is 15.3. The first-order valence-corrected chi connectivity index (χ1v) is 8.83. The molecule has 0 aliphatic heterocycles. The highest BCUT2D eigenvalue weighted by molar-refractivity contribution is 5.80. The first-order chi connectivity index (χ1) is 12.6. The minimum Gasteiger partial charge on any atom is -0.366 e. The summed E-state index contributed by atoms with van der Waals surface area (Å²) in [4.78, 5) is 4.76. The van der Waals surface area contributed by atoms with Crippen LogP contribution >= 0.6 is 0 Å². The van der Waals surface area contributed by atoms with Crippen molar-refractivity contribution in [2.24, 2.45) is 0 Å². The average Bonchev–Trinajstić information content (AvgIpc) is 2.97. The summed E-state index contributed by atoms with van der Waals surface area (Å²) in [5, 5.41) is 8.27. The summed E-state index contributed by atoms with van der Waals surface area (Å²) < 4.78 is 1.92. The van der Waals surface area contributed by atoms with Gasteiger partial charge in [0.1, 0.15) is 5.82 Å². The van der Waals surface area contributed by atoms with Crippen LogP contribution in [-0.4, -0.2) is 14.6 Å². The van der Waals surface area contributed by atoms with Gasteiger partial charge in [-0.1, -0.05) is 60.2 Å². The smallest absolute Gasteiger partial charge is 0.165 e. The molecule has 0 saturated carbocycles. The number of aryl methyl sites for hydroxylation is 3. The van der Waals surface area contributed by atoms with E-state index in [-0.39, 0.29) is 0 Å². The molecule has 2 aromatic heterocycles. The Balaban J connectivity index is 1.75. The summed E-state index contributed by atoms with van der Waals surface area (Å²) in [6, 6.07) is 20.9. The van der Waals surface area contributed by atoms with Crippen LogP contribution in [0.1, 0.15) is 22.5 Å². The van der Waals surface area contributed by atoms with E-state index in [1.807, 2.05) is 42.6 Å². The van der Waals surface area contributed by atoms with E-state index in [9.17, 15) is 0 Å². The third-order valence-corrected chi connectivity index (χ3v) is 4.55. The highest BCUT2D eigenvalue weighted by atomic mass is 15.3. The Morgan fingerprint density at radius 1 is 0.923 bits per heavy atom. The van der Waals surface area contributed by atoms with E-state index in [1.54, 1.807) is 0 Å². The Hall–Kier alpha value is -3.14. The lowest BCUT2D eigenvalue weighted by molar-refractivity contribution is 0.900. The molecule has 26 heavy (non-hydrogen) atoms. The molecular formula is C22H22N4. The maximum Gasteiger partial charge on any atom is 0.165 e. The van der Waals surface area contributed by atoms with Gasteiger partial charge in [0.2, 0.25) is 0 Å². The second kappa shape index (κ2) is 6.64. The molecule has 0 spiro atoms. The van der Waals surface area contributed by atoms with Crippen LogP contribution < -0.4 is 5.32 Å². The van der Waals surface area contributed by atoms with Crippen LogP contribution in [0.2, 0.25) is 0 Å². The first kappa shape index (κ1) is 16.3. The van der Waals surface area contributed by atoms with E-state index >= 15 is 0 Å². The lowest BCUT2D eigenvalue weighted by atomic mass is 10.1. The molecule has 0 aliphatic rings. The maximum atomic E-state index is 4.76. The van der Waals surface area contributed by atoms with Crippen LogP contribution in [0.3, 0.4) is 0 Å². The fourth-order valence-electron chi connectivity index (χ4n) is 3.21. The zero-order valence-electron chi connectivity index (χ0n) is 15.3. The number of nitrogens with one attached hydrogen (secondary N) is 1. The fraction of sp³-hybridized carbons (Fsp3) is 0.182. The molecule has 2 heterocycles. The molecule has 1 N–H and O–H groups in total. The monoisotopic (exact) mass is 342 g/mol. The number of benzene rings is 2. The van der Waals surface area contributed by atoms with Crippen molar-refractivity contribution in [2.45, 2.75) is 27.3 Å². The lowest BCUT2D eigenvalue weighted by Crippen LogP contribution is -2.07. The molecule has 0 aliphatic carbocycles. The van der Waals surface area contributed by atoms with Crippen molar-refractivity contribution >= 4 is 11.5 Å². The summed E-state index contributed by atoms with van der Waals surface area (Å²) in [7, 11) is 0. The van der Waals surface area contributed by atoms with Crippen LogP contribution in [0.25, 0.3) is 16.8 Å². The van der Waals surface area contributed by atoms with Gasteiger partial charge in [0.25, 0.3) is 0 Å². The molecule has 4 rings (SSSR count). The largest absolute Gasteiger partial charge is 0.366 e. The summed E-state index contributed by atoms with van der Waals surface area (Å²) >= 11 is 0. The molecule has 0 atom stereocenters. The maximum absolute atomic E-state index is 4.76. The Labute approximate surface area is 153 Å². The number of rotatable bonds is 4. The molecule has 0 fully saturated rings. The Morgan fingerprint density at radius 2 is 1.65 bits per heavy atom. The quantitative estimate of drug-likeness (QED) is 0.571. The van der Waals surface area contributed by atoms with E-state index < -0.39 is 0 Å². The fourth-order valence-corrected chi connectivity index (χ4v) is 3.21. The highest BCUT2D eigenvalue weighted by Gasteiger charge is 2.15. The summed E-state index contributed by atoms with van der Waals surface area (Å²) in [5.74, 6) is 0.957. The second-order valence-corrected chi connectivity index (χ2v) is 6.68. The predicted molar refractivity (Wildman–Crippen MR) is 106 cm³/mol. The summed E-state index contributed by atoms with van der Waals surface area (Å²) in [5.41, 5.74) is 7.58. The molecule has 4 nitrogen and oxygen atoms in total. The van der Waals surface area contributed by atoms with E-state index in [4.69, 9.17) is 10.1 Å². The molecule has 0 bridgehead atoms. The van der Waals surface area contributed by atoms with Crippen LogP contribution in [0.5, 0.6) is 0 Å². The summed E-state index contributed by atoms with van der Waals surface area (Å²) in [6.45, 7) is 6.91. The molecule has 0 amide bonds. The van der Waals surface area contributed by atoms with E-state index in [2.05, 4.69) is 48.6 Å². The molecule has 2 aromatic carbocycles. The molecule has 0 saturated heterocycles. The molecule has 0 radical (unpaired) electrons. The van der Waals surface area contributed by atoms with E-state index in [1.165, 1.54) is 11.1 Å². The number of nitrogens with zero attached hydrogens (tertiary/aromatic N) is 3. The van der Waals surface area contributed by atoms with Crippen molar-refractivity contribution in [1.82, 2.24) is 14.6 Å². The van der Waals surface area contributed by atoms with Gasteiger partial charge >= 0.3 is 0 Å². The number of hydrogen-bond donors (Lipinski definition) is 1. The van der Waals surface area contributed by atoms with E-state index in [0.29, 0.717) is 0 Å². The van der Waals surface area contributed by atoms with Gasteiger partial charge in [-0.05, 0) is 31.9 Å². The van der Waals surface area contributed by atoms with Crippen molar-refractivity contribution in [3.05, 3.63) is 83.2 Å². The average molecular weight is 342 g/mol. The molecule has 130 valence electrons. The molecule has 0 unspecified atom stereocenters. The number of fused-ring (bicyclic) bond motifs is 1. The third kappa shape index (κ3) is 3.06. The number of aromatic nitrogens is 3. The molecular weight excluding hydrogens is 320 g/mol. The Kier molecular flexibility index (Phi) is 4.17. The SMILES string of the molecule is Cc1ccc(CNc2cc(C)nc3c(-c4ccccc4)c(C)nn23)cc1. The van der Waals surface area contributed by atoms with Crippen molar-refractivity contribution < 1.29 is 0 Å². The van der Waals surface area contributed by atoms with Gasteiger partial charge in [-0.2, -0.15) is 9.61 Å². The molecule has 4 aromatic rings. The minimum atomic E-state index is 0.748. The van der Waals surface area contributed by atoms with Crippen molar-refractivity contribution in [1.29, 1.82) is 0 Å². The van der Waals surface area contributed by atoms with E-state index in [0.717, 1.165) is 40.5 Å². The van der Waals surface area contributed by atoms with Gasteiger partial charge in [0.15, 0.2) is 5.65 Å². The number of anilines is 1. The predicted octanol–water partition coefficient (Wildman–Crippen LogP) is 4.93. The van der Waals surface area contributed by atoms with Crippen molar-refractivity contribution in [3.63, 3.8) is 0 Å². The standard InChI is InChI=1S/C22H22N4/c1-15-9-11-18(12-10-15)14-23-20-13-16(2)24-22-21(17(3)25-26(20)22)19-7-5-4-6-8-19/h4-13,23H,14H2,1-3H3. The van der Waals surface area contributed by atoms with Gasteiger partial charge in [-0.15, -0.1) is 0 Å². The molecule has 4 heteroatoms. The normalized spacial score (nSPS) is 11.0. The van der Waals surface area contributed by atoms with Crippen molar-refractivity contribution in [2.75, 3.05) is 5.32 Å². The van der Waals surface area contributed by atoms with Crippen molar-refractivity contribution in [3.8, 4) is 11.1 Å². The van der Waals surface area contributed by atoms with Gasteiger partial charge < -0.3 is 5.32 Å². The van der Waals surface area contributed by atoms with Crippen LogP contribution in [0.4, 0.5) is 5.82 Å². The zero-order chi connectivity index (χ0) is 18.1. The second-order valence-electron chi connectivity index (χ2n) is 6.68. The van der Waals surface area contributed by atoms with Crippen LogP contribution in [0, 0.1) is 20.8 Å². The van der Waals surface area contributed by atoms with Gasteiger partial charge in [-0.25, -0.2) is 4.98 Å². The minimum absolute atomic E-state index is 0.748.